The summed E-state index contributed by atoms with van der Waals surface area (Å²) >= 11 is 0. The van der Waals surface area contributed by atoms with Crippen LogP contribution in [0.25, 0.3) is 0 Å². The van der Waals surface area contributed by atoms with Crippen LogP contribution in [0.15, 0.2) is 65.7 Å². The van der Waals surface area contributed by atoms with E-state index in [1.54, 1.807) is 55.6 Å². The Morgan fingerprint density at radius 2 is 1.59 bits per heavy atom. The van der Waals surface area contributed by atoms with Crippen molar-refractivity contribution < 1.29 is 28.6 Å². The normalized spacial score (nSPS) is 22.8. The molecule has 7 heteroatoms. The van der Waals surface area contributed by atoms with Gasteiger partial charge in [0.15, 0.2) is 0 Å². The van der Waals surface area contributed by atoms with E-state index in [-0.39, 0.29) is 11.1 Å². The SMILES string of the molecule is COC(=O)C1=C(C(=O)OC)[C@@]2(O[C@H]1c1ccccc1)C(=O)N(C)c1ccccc12. The number of hydrogen-bond donors (Lipinski definition) is 0. The maximum absolute atomic E-state index is 13.5. The van der Waals surface area contributed by atoms with E-state index in [0.717, 1.165) is 0 Å². The number of rotatable bonds is 3. The summed E-state index contributed by atoms with van der Waals surface area (Å²) in [6.45, 7) is 0. The Hall–Kier alpha value is -3.45. The summed E-state index contributed by atoms with van der Waals surface area (Å²) < 4.78 is 16.2. The highest BCUT2D eigenvalue weighted by molar-refractivity contribution is 6.17. The van der Waals surface area contributed by atoms with Gasteiger partial charge in [0.05, 0.1) is 31.1 Å². The van der Waals surface area contributed by atoms with Crippen LogP contribution in [0.3, 0.4) is 0 Å². The Morgan fingerprint density at radius 1 is 0.966 bits per heavy atom. The second-order valence-electron chi connectivity index (χ2n) is 6.74. The fourth-order valence-electron chi connectivity index (χ4n) is 4.03. The number of carbonyl (C=O) groups is 3. The van der Waals surface area contributed by atoms with Gasteiger partial charge in [0.25, 0.3) is 5.91 Å². The van der Waals surface area contributed by atoms with Crippen LogP contribution in [-0.4, -0.2) is 39.1 Å². The lowest BCUT2D eigenvalue weighted by atomic mass is 9.85. The summed E-state index contributed by atoms with van der Waals surface area (Å²) in [4.78, 5) is 40.6. The third-order valence-electron chi connectivity index (χ3n) is 5.33. The van der Waals surface area contributed by atoms with E-state index in [4.69, 9.17) is 14.2 Å². The summed E-state index contributed by atoms with van der Waals surface area (Å²) in [6, 6.07) is 15.9. The van der Waals surface area contributed by atoms with E-state index in [9.17, 15) is 14.4 Å². The number of fused-ring (bicyclic) bond motifs is 2. The monoisotopic (exact) mass is 393 g/mol. The van der Waals surface area contributed by atoms with Gasteiger partial charge in [-0.2, -0.15) is 0 Å². The van der Waals surface area contributed by atoms with E-state index in [1.165, 1.54) is 19.1 Å². The molecule has 0 bridgehead atoms. The number of benzene rings is 2. The van der Waals surface area contributed by atoms with Crippen LogP contribution in [0.2, 0.25) is 0 Å². The van der Waals surface area contributed by atoms with E-state index in [1.807, 2.05) is 6.07 Å². The molecule has 148 valence electrons. The van der Waals surface area contributed by atoms with Crippen LogP contribution in [0.5, 0.6) is 0 Å². The van der Waals surface area contributed by atoms with Crippen LogP contribution in [-0.2, 0) is 34.2 Å². The molecule has 2 heterocycles. The van der Waals surface area contributed by atoms with Gasteiger partial charge in [0, 0.05) is 12.6 Å². The zero-order chi connectivity index (χ0) is 20.8. The Morgan fingerprint density at radius 3 is 2.24 bits per heavy atom. The number of methoxy groups -OCH3 is 2. The molecule has 1 amide bonds. The maximum Gasteiger partial charge on any atom is 0.338 e. The van der Waals surface area contributed by atoms with E-state index in [2.05, 4.69) is 0 Å². The van der Waals surface area contributed by atoms with Crippen molar-refractivity contribution in [3.8, 4) is 0 Å². The number of nitrogens with zero attached hydrogens (tertiary/aromatic N) is 1. The first-order valence-corrected chi connectivity index (χ1v) is 8.99. The van der Waals surface area contributed by atoms with Crippen LogP contribution in [0, 0.1) is 0 Å². The predicted molar refractivity (Wildman–Crippen MR) is 103 cm³/mol. The number of amides is 1. The first kappa shape index (κ1) is 18.9. The summed E-state index contributed by atoms with van der Waals surface area (Å²) in [6.07, 6.45) is -0.971. The highest BCUT2D eigenvalue weighted by Crippen LogP contribution is 2.56. The lowest BCUT2D eigenvalue weighted by molar-refractivity contribution is -0.148. The van der Waals surface area contributed by atoms with Gasteiger partial charge in [-0.3, -0.25) is 4.79 Å². The van der Waals surface area contributed by atoms with Crippen molar-refractivity contribution in [1.82, 2.24) is 0 Å². The molecule has 7 nitrogen and oxygen atoms in total. The summed E-state index contributed by atoms with van der Waals surface area (Å²) in [7, 11) is 4.01. The number of para-hydroxylation sites is 1. The smallest absolute Gasteiger partial charge is 0.338 e. The van der Waals surface area contributed by atoms with Crippen molar-refractivity contribution in [1.29, 1.82) is 0 Å². The summed E-state index contributed by atoms with van der Waals surface area (Å²) in [5.41, 5.74) is -0.287. The number of anilines is 1. The topological polar surface area (TPSA) is 82.1 Å². The highest BCUT2D eigenvalue weighted by atomic mass is 16.6. The molecule has 4 rings (SSSR count). The molecule has 1 spiro atoms. The lowest BCUT2D eigenvalue weighted by Gasteiger charge is -2.26. The minimum atomic E-state index is -1.79. The maximum atomic E-state index is 13.5. The van der Waals surface area contributed by atoms with E-state index >= 15 is 0 Å². The zero-order valence-corrected chi connectivity index (χ0v) is 16.2. The molecular weight excluding hydrogens is 374 g/mol. The average Bonchev–Trinajstić information content (AvgIpc) is 3.23. The second-order valence-corrected chi connectivity index (χ2v) is 6.74. The first-order valence-electron chi connectivity index (χ1n) is 8.99. The summed E-state index contributed by atoms with van der Waals surface area (Å²) in [5.74, 6) is -2.04. The van der Waals surface area contributed by atoms with Gasteiger partial charge in [0.2, 0.25) is 5.60 Å². The van der Waals surface area contributed by atoms with Crippen molar-refractivity contribution in [3.05, 3.63) is 76.9 Å². The molecule has 0 aliphatic carbocycles. The van der Waals surface area contributed by atoms with Gasteiger partial charge in [-0.05, 0) is 11.6 Å². The lowest BCUT2D eigenvalue weighted by Crippen LogP contribution is -2.42. The number of carbonyl (C=O) groups excluding carboxylic acids is 3. The third kappa shape index (κ3) is 2.51. The Balaban J connectivity index is 2.06. The standard InChI is InChI=1S/C22H19NO6/c1-23-15-12-8-7-11-14(15)22(21(23)26)17(20(25)28-3)16(19(24)27-2)18(29-22)13-9-5-4-6-10-13/h4-12,18H,1-3H3/t18-,22+/m0/s1. The van der Waals surface area contributed by atoms with Crippen LogP contribution in [0.1, 0.15) is 17.2 Å². The van der Waals surface area contributed by atoms with Crippen molar-refractivity contribution in [2.24, 2.45) is 0 Å². The molecule has 2 aromatic rings. The molecule has 0 radical (unpaired) electrons. The third-order valence-corrected chi connectivity index (χ3v) is 5.33. The quantitative estimate of drug-likeness (QED) is 0.744. The summed E-state index contributed by atoms with van der Waals surface area (Å²) in [5, 5.41) is 0. The molecule has 0 unspecified atom stereocenters. The fraction of sp³-hybridized carbons (Fsp3) is 0.227. The Labute approximate surface area is 167 Å². The number of likely N-dealkylation sites (N-methyl/N-ethyl adjacent to an activating group) is 1. The molecule has 2 aliphatic rings. The molecule has 0 fully saturated rings. The van der Waals surface area contributed by atoms with Gasteiger partial charge in [-0.25, -0.2) is 9.59 Å². The molecule has 0 saturated carbocycles. The van der Waals surface area contributed by atoms with Crippen molar-refractivity contribution in [2.75, 3.05) is 26.2 Å². The van der Waals surface area contributed by atoms with Crippen LogP contribution in [0.4, 0.5) is 5.69 Å². The van der Waals surface area contributed by atoms with E-state index in [0.29, 0.717) is 16.8 Å². The van der Waals surface area contributed by atoms with Crippen molar-refractivity contribution >= 4 is 23.5 Å². The first-order chi connectivity index (χ1) is 14.0. The highest BCUT2D eigenvalue weighted by Gasteiger charge is 2.63. The van der Waals surface area contributed by atoms with Crippen LogP contribution >= 0.6 is 0 Å². The molecule has 0 aromatic heterocycles. The molecule has 2 aromatic carbocycles. The molecule has 2 atom stereocenters. The van der Waals surface area contributed by atoms with Gasteiger partial charge in [-0.1, -0.05) is 48.5 Å². The van der Waals surface area contributed by atoms with Gasteiger partial charge >= 0.3 is 11.9 Å². The minimum absolute atomic E-state index is 0.0380. The average molecular weight is 393 g/mol. The van der Waals surface area contributed by atoms with Crippen molar-refractivity contribution in [3.63, 3.8) is 0 Å². The minimum Gasteiger partial charge on any atom is -0.466 e. The molecule has 29 heavy (non-hydrogen) atoms. The number of hydrogen-bond acceptors (Lipinski definition) is 6. The van der Waals surface area contributed by atoms with Crippen molar-refractivity contribution in [2.45, 2.75) is 11.7 Å². The predicted octanol–water partition coefficient (Wildman–Crippen LogP) is 2.27. The molecule has 0 saturated heterocycles. The van der Waals surface area contributed by atoms with Gasteiger partial charge < -0.3 is 19.1 Å². The largest absolute Gasteiger partial charge is 0.466 e. The Bertz CT molecular complexity index is 1040. The number of ether oxygens (including phenoxy) is 3. The molecule has 0 N–H and O–H groups in total. The van der Waals surface area contributed by atoms with Gasteiger partial charge in [-0.15, -0.1) is 0 Å². The van der Waals surface area contributed by atoms with Crippen LogP contribution < -0.4 is 4.90 Å². The number of esters is 2. The van der Waals surface area contributed by atoms with Gasteiger partial charge in [0.1, 0.15) is 6.10 Å². The second kappa shape index (κ2) is 6.86. The zero-order valence-electron chi connectivity index (χ0n) is 16.2. The molecular formula is C22H19NO6. The molecule has 2 aliphatic heterocycles. The fourth-order valence-corrected chi connectivity index (χ4v) is 4.03. The van der Waals surface area contributed by atoms with E-state index < -0.39 is 29.6 Å². The Kier molecular flexibility index (Phi) is 4.47.